The Morgan fingerprint density at radius 1 is 0.925 bits per heavy atom. The van der Waals surface area contributed by atoms with Gasteiger partial charge in [0.1, 0.15) is 11.9 Å². The van der Waals surface area contributed by atoms with Crippen LogP contribution in [0.3, 0.4) is 0 Å². The molecule has 0 fully saturated rings. The van der Waals surface area contributed by atoms with Crippen LogP contribution in [0.1, 0.15) is 44.7 Å². The fourth-order valence-corrected chi connectivity index (χ4v) is 7.55. The van der Waals surface area contributed by atoms with Crippen molar-refractivity contribution in [1.82, 2.24) is 24.8 Å². The number of amides is 1. The summed E-state index contributed by atoms with van der Waals surface area (Å²) >= 11 is 0. The Labute approximate surface area is 303 Å². The number of benzene rings is 3. The number of carbonyl (C=O) groups is 3. The van der Waals surface area contributed by atoms with Crippen LogP contribution in [-0.2, 0) is 37.3 Å². The highest BCUT2D eigenvalue weighted by molar-refractivity contribution is 7.89. The first kappa shape index (κ1) is 38.6. The number of ether oxygens (including phenoxy) is 1. The number of hydrogen-bond donors (Lipinski definition) is 3. The zero-order valence-electron chi connectivity index (χ0n) is 29.0. The predicted molar refractivity (Wildman–Crippen MR) is 191 cm³/mol. The number of halogens is 3. The van der Waals surface area contributed by atoms with Gasteiger partial charge >= 0.3 is 18.1 Å². The highest BCUT2D eigenvalue weighted by Gasteiger charge is 2.44. The van der Waals surface area contributed by atoms with E-state index in [1.54, 1.807) is 42.1 Å². The molecule has 2 aromatic heterocycles. The van der Waals surface area contributed by atoms with Gasteiger partial charge in [-0.1, -0.05) is 60.2 Å². The maximum Gasteiger partial charge on any atom is 0.491 e. The summed E-state index contributed by atoms with van der Waals surface area (Å²) in [7, 11) is -4.57. The van der Waals surface area contributed by atoms with Crippen LogP contribution in [-0.4, -0.2) is 66.3 Å². The summed E-state index contributed by atoms with van der Waals surface area (Å²) in [5.74, 6) is -4.71. The van der Waals surface area contributed by atoms with Crippen molar-refractivity contribution in [2.75, 3.05) is 18.4 Å². The third-order valence-corrected chi connectivity index (χ3v) is 9.95. The van der Waals surface area contributed by atoms with Crippen LogP contribution in [0.15, 0.2) is 90.0 Å². The fraction of sp³-hybridized carbons (Fsp3) is 0.270. The first-order valence-corrected chi connectivity index (χ1v) is 18.0. The van der Waals surface area contributed by atoms with E-state index in [0.29, 0.717) is 36.2 Å². The number of nitrogens with zero attached hydrogens (tertiary/aromatic N) is 3. The van der Waals surface area contributed by atoms with Crippen LogP contribution in [0.4, 0.5) is 19.0 Å². The SMILES string of the molecule is Cc1cc(C)c(S(=O)(=O)N[C@@H](CNC(=O)c2ccc3c(CCCNc4ccccn4)nn(Cc4ccccc4)c3c2)C(=O)OC(=O)C(F)(F)F)c(C)c1. The molecule has 2 heterocycles. The molecular weight excluding hydrogens is 714 g/mol. The Bertz CT molecular complexity index is 2210. The largest absolute Gasteiger partial charge is 0.491 e. The lowest BCUT2D eigenvalue weighted by Crippen LogP contribution is -2.50. The predicted octanol–water partition coefficient (Wildman–Crippen LogP) is 5.16. The van der Waals surface area contributed by atoms with E-state index in [2.05, 4.69) is 20.4 Å². The number of carbonyl (C=O) groups excluding carboxylic acids is 3. The lowest BCUT2D eigenvalue weighted by molar-refractivity contribution is -0.202. The van der Waals surface area contributed by atoms with Gasteiger partial charge in [0.05, 0.1) is 22.7 Å². The minimum Gasteiger partial charge on any atom is -0.385 e. The van der Waals surface area contributed by atoms with Crippen LogP contribution in [0.25, 0.3) is 10.9 Å². The van der Waals surface area contributed by atoms with Gasteiger partial charge in [-0.2, -0.15) is 23.0 Å². The third-order valence-electron chi connectivity index (χ3n) is 8.17. The number of fused-ring (bicyclic) bond motifs is 1. The van der Waals surface area contributed by atoms with Gasteiger partial charge in [0, 0.05) is 30.2 Å². The molecule has 12 nitrogen and oxygen atoms in total. The molecule has 53 heavy (non-hydrogen) atoms. The molecule has 0 bridgehead atoms. The van der Waals surface area contributed by atoms with Crippen LogP contribution in [0.5, 0.6) is 0 Å². The first-order chi connectivity index (χ1) is 25.1. The highest BCUT2D eigenvalue weighted by atomic mass is 32.2. The van der Waals surface area contributed by atoms with E-state index in [-0.39, 0.29) is 10.5 Å². The number of alkyl halides is 3. The van der Waals surface area contributed by atoms with Gasteiger partial charge in [0.2, 0.25) is 10.0 Å². The lowest BCUT2D eigenvalue weighted by atomic mass is 10.1. The van der Waals surface area contributed by atoms with Gasteiger partial charge in [0.25, 0.3) is 5.91 Å². The summed E-state index contributed by atoms with van der Waals surface area (Å²) < 4.78 is 73.5. The number of esters is 2. The molecule has 3 N–H and O–H groups in total. The topological polar surface area (TPSA) is 161 Å². The summed E-state index contributed by atoms with van der Waals surface area (Å²) in [6.07, 6.45) is -2.51. The molecule has 1 atom stereocenters. The summed E-state index contributed by atoms with van der Waals surface area (Å²) in [5.41, 5.74) is 3.83. The second-order valence-corrected chi connectivity index (χ2v) is 14.0. The quantitative estimate of drug-likeness (QED) is 0.0792. The van der Waals surface area contributed by atoms with Gasteiger partial charge in [0.15, 0.2) is 0 Å². The fourth-order valence-electron chi connectivity index (χ4n) is 5.91. The smallest absolute Gasteiger partial charge is 0.385 e. The third kappa shape index (κ3) is 9.84. The van der Waals surface area contributed by atoms with Crippen LogP contribution in [0, 0.1) is 20.8 Å². The summed E-state index contributed by atoms with van der Waals surface area (Å²) in [6, 6.07) is 21.0. The second-order valence-electron chi connectivity index (χ2n) is 12.4. The molecule has 0 saturated carbocycles. The van der Waals surface area contributed by atoms with E-state index in [0.717, 1.165) is 34.4 Å². The van der Waals surface area contributed by atoms with Gasteiger partial charge in [-0.25, -0.2) is 23.0 Å². The number of hydrogen-bond acceptors (Lipinski definition) is 9. The standard InChI is InChI=1S/C37H37F3N6O6S/c1-23-18-24(2)33(25(3)19-23)53(50,51)45-30(35(48)52-36(49)37(38,39)40)21-43-34(47)27-14-15-28-29(12-9-17-42-32-13-7-8-16-41-32)44-46(31(28)20-27)22-26-10-5-4-6-11-26/h4-8,10-11,13-16,18-20,30,45H,9,12,17,21-22H2,1-3H3,(H,41,42)(H,43,47)/t30-/m0/s1. The zero-order chi connectivity index (χ0) is 38.3. The van der Waals surface area contributed by atoms with Crippen molar-refractivity contribution in [2.24, 2.45) is 0 Å². The van der Waals surface area contributed by atoms with E-state index in [9.17, 15) is 36.0 Å². The van der Waals surface area contributed by atoms with E-state index in [1.807, 2.05) is 53.3 Å². The number of aromatic nitrogens is 3. The molecule has 16 heteroatoms. The van der Waals surface area contributed by atoms with Crippen LogP contribution in [0.2, 0.25) is 0 Å². The molecule has 0 spiro atoms. The Morgan fingerprint density at radius 3 is 2.28 bits per heavy atom. The summed E-state index contributed by atoms with van der Waals surface area (Å²) in [4.78, 5) is 41.9. The molecule has 5 rings (SSSR count). The lowest BCUT2D eigenvalue weighted by Gasteiger charge is -2.20. The minimum atomic E-state index is -5.53. The number of sulfonamides is 1. The molecule has 278 valence electrons. The Morgan fingerprint density at radius 2 is 1.62 bits per heavy atom. The number of nitrogens with one attached hydrogen (secondary N) is 3. The monoisotopic (exact) mass is 750 g/mol. The minimum absolute atomic E-state index is 0.0987. The molecular formula is C37H37F3N6O6S. The molecule has 1 amide bonds. The molecule has 3 aromatic carbocycles. The van der Waals surface area contributed by atoms with E-state index in [4.69, 9.17) is 5.10 Å². The first-order valence-electron chi connectivity index (χ1n) is 16.5. The van der Waals surface area contributed by atoms with Crippen LogP contribution < -0.4 is 15.4 Å². The molecule has 0 aliphatic heterocycles. The van der Waals surface area contributed by atoms with E-state index >= 15 is 0 Å². The molecule has 0 aliphatic carbocycles. The van der Waals surface area contributed by atoms with E-state index < -0.39 is 46.6 Å². The number of aryl methyl sites for hydroxylation is 4. The van der Waals surface area contributed by atoms with Gasteiger partial charge in [-0.3, -0.25) is 9.48 Å². The summed E-state index contributed by atoms with van der Waals surface area (Å²) in [5, 5.41) is 11.3. The zero-order valence-corrected chi connectivity index (χ0v) is 29.8. The Balaban J connectivity index is 1.38. The van der Waals surface area contributed by atoms with Gasteiger partial charge in [-0.15, -0.1) is 0 Å². The van der Waals surface area contributed by atoms with Crippen LogP contribution >= 0.6 is 0 Å². The van der Waals surface area contributed by atoms with Gasteiger partial charge < -0.3 is 15.4 Å². The summed E-state index contributed by atoms with van der Waals surface area (Å²) in [6.45, 7) is 4.95. The second kappa shape index (κ2) is 16.4. The molecule has 0 radical (unpaired) electrons. The molecule has 0 saturated heterocycles. The Hall–Kier alpha value is -5.61. The van der Waals surface area contributed by atoms with Crippen molar-refractivity contribution in [3.8, 4) is 0 Å². The average molecular weight is 751 g/mol. The maximum absolute atomic E-state index is 13.5. The van der Waals surface area contributed by atoms with Gasteiger partial charge in [-0.05, 0) is 74.6 Å². The van der Waals surface area contributed by atoms with Crippen molar-refractivity contribution in [3.63, 3.8) is 0 Å². The average Bonchev–Trinajstić information content (AvgIpc) is 3.44. The molecule has 0 unspecified atom stereocenters. The molecule has 0 aliphatic rings. The van der Waals surface area contributed by atoms with E-state index in [1.165, 1.54) is 19.9 Å². The number of pyridine rings is 1. The van der Waals surface area contributed by atoms with Crippen molar-refractivity contribution in [3.05, 3.63) is 119 Å². The Kier molecular flexibility index (Phi) is 11.9. The molecule has 5 aromatic rings. The number of anilines is 1. The van der Waals surface area contributed by atoms with Crippen molar-refractivity contribution >= 4 is 44.6 Å². The number of rotatable bonds is 14. The van der Waals surface area contributed by atoms with Crippen molar-refractivity contribution < 1.29 is 40.7 Å². The highest BCUT2D eigenvalue weighted by Crippen LogP contribution is 2.25. The van der Waals surface area contributed by atoms with Crippen molar-refractivity contribution in [1.29, 1.82) is 0 Å². The maximum atomic E-state index is 13.5. The normalized spacial score (nSPS) is 12.3. The van der Waals surface area contributed by atoms with Crippen molar-refractivity contribution in [2.45, 2.75) is 57.3 Å².